The molecule has 0 amide bonds. The van der Waals surface area contributed by atoms with Crippen molar-refractivity contribution in [3.63, 3.8) is 0 Å². The zero-order valence-electron chi connectivity index (χ0n) is 18.6. The average molecular weight is 551 g/mol. The van der Waals surface area contributed by atoms with Crippen LogP contribution in [0.1, 0.15) is 47.3 Å². The molecule has 9 nitrogen and oxygen atoms in total. The molecule has 0 fully saturated rings. The molecule has 0 heterocycles. The fraction of sp³-hybridized carbons (Fsp3) is 0.455. The van der Waals surface area contributed by atoms with Crippen LogP contribution in [0.2, 0.25) is 0 Å². The van der Waals surface area contributed by atoms with Crippen LogP contribution in [0, 0.1) is 0 Å². The van der Waals surface area contributed by atoms with Crippen molar-refractivity contribution in [3.8, 4) is 11.5 Å². The van der Waals surface area contributed by atoms with Gasteiger partial charge in [0, 0.05) is 13.2 Å². The molecule has 0 radical (unpaired) electrons. The van der Waals surface area contributed by atoms with Crippen molar-refractivity contribution < 1.29 is 40.2 Å². The van der Waals surface area contributed by atoms with Gasteiger partial charge in [-0.25, -0.2) is 0 Å². The van der Waals surface area contributed by atoms with Crippen LogP contribution < -0.4 is 9.47 Å². The number of hydrogen-bond donors (Lipinski definition) is 2. The first kappa shape index (κ1) is 34.8. The van der Waals surface area contributed by atoms with Gasteiger partial charge >= 0.3 is 59.1 Å². The van der Waals surface area contributed by atoms with Crippen molar-refractivity contribution in [2.75, 3.05) is 27.4 Å². The van der Waals surface area contributed by atoms with Crippen LogP contribution in [0.3, 0.4) is 0 Å². The third-order valence-electron chi connectivity index (χ3n) is 5.20. The Morgan fingerprint density at radius 1 is 0.657 bits per heavy atom. The van der Waals surface area contributed by atoms with E-state index in [0.717, 1.165) is 0 Å². The van der Waals surface area contributed by atoms with E-state index in [1.807, 2.05) is 0 Å². The van der Waals surface area contributed by atoms with Crippen LogP contribution in [-0.2, 0) is 25.0 Å². The molecule has 2 rings (SSSR count). The van der Waals surface area contributed by atoms with Crippen LogP contribution in [0.15, 0.2) is 48.5 Å². The molecule has 0 saturated carbocycles. The standard InChI is InChI=1S/C22H30O9S2.2Na.2H/c1-29-19-11-7-17(8-12-19)21(32(23,24)25)5-3-15-31-16-4-6-22(33(26,27)28)18-9-13-20(30-2)14-10-18;;;;/h7-14,21-22H,3-6,15-16H2,1-2H3,(H,23,24,25)(H,26,27,28);;;;. The Morgan fingerprint density at radius 3 is 1.23 bits per heavy atom. The van der Waals surface area contributed by atoms with E-state index in [9.17, 15) is 25.9 Å². The summed E-state index contributed by atoms with van der Waals surface area (Å²) in [6.45, 7) is 0.475. The molecule has 0 aliphatic carbocycles. The van der Waals surface area contributed by atoms with Crippen molar-refractivity contribution >= 4 is 79.4 Å². The van der Waals surface area contributed by atoms with E-state index in [1.54, 1.807) is 48.5 Å². The van der Waals surface area contributed by atoms with Crippen LogP contribution in [0.25, 0.3) is 0 Å². The van der Waals surface area contributed by atoms with Gasteiger partial charge in [0.05, 0.1) is 14.2 Å². The molecule has 35 heavy (non-hydrogen) atoms. The molecule has 0 saturated heterocycles. The second-order valence-electron chi connectivity index (χ2n) is 7.45. The molecule has 188 valence electrons. The van der Waals surface area contributed by atoms with E-state index in [1.165, 1.54) is 14.2 Å². The molecule has 2 atom stereocenters. The summed E-state index contributed by atoms with van der Waals surface area (Å²) >= 11 is 0. The minimum atomic E-state index is -4.30. The molecule has 0 aliphatic heterocycles. The second-order valence-corrected chi connectivity index (χ2v) is 10.6. The van der Waals surface area contributed by atoms with Gasteiger partial charge in [0.1, 0.15) is 22.0 Å². The maximum absolute atomic E-state index is 11.8. The molecular formula is C22H32Na2O9S2. The molecule has 2 unspecified atom stereocenters. The van der Waals surface area contributed by atoms with Gasteiger partial charge in [-0.05, 0) is 61.1 Å². The Balaban J connectivity index is 0.00000578. The van der Waals surface area contributed by atoms with Gasteiger partial charge in [-0.2, -0.15) is 16.8 Å². The van der Waals surface area contributed by atoms with Gasteiger partial charge in [0.15, 0.2) is 0 Å². The Hall–Kier alpha value is -0.180. The number of benzene rings is 2. The predicted octanol–water partition coefficient (Wildman–Crippen LogP) is 2.54. The van der Waals surface area contributed by atoms with Gasteiger partial charge < -0.3 is 14.2 Å². The van der Waals surface area contributed by atoms with E-state index in [0.29, 0.717) is 35.5 Å². The quantitative estimate of drug-likeness (QED) is 0.207. The predicted molar refractivity (Wildman–Crippen MR) is 138 cm³/mol. The molecule has 0 spiro atoms. The van der Waals surface area contributed by atoms with Crippen molar-refractivity contribution in [1.29, 1.82) is 0 Å². The monoisotopic (exact) mass is 550 g/mol. The Labute approximate surface area is 252 Å². The average Bonchev–Trinajstić information content (AvgIpc) is 2.77. The summed E-state index contributed by atoms with van der Waals surface area (Å²) in [6, 6.07) is 12.9. The summed E-state index contributed by atoms with van der Waals surface area (Å²) in [4.78, 5) is 0. The number of hydrogen-bond acceptors (Lipinski definition) is 7. The topological polar surface area (TPSA) is 136 Å². The van der Waals surface area contributed by atoms with E-state index in [2.05, 4.69) is 0 Å². The summed E-state index contributed by atoms with van der Waals surface area (Å²) in [5.74, 6) is 1.16. The third-order valence-corrected chi connectivity index (χ3v) is 7.66. The fourth-order valence-corrected chi connectivity index (χ4v) is 5.39. The fourth-order valence-electron chi connectivity index (χ4n) is 3.46. The number of rotatable bonds is 14. The van der Waals surface area contributed by atoms with E-state index < -0.39 is 30.7 Å². The van der Waals surface area contributed by atoms with Crippen LogP contribution >= 0.6 is 0 Å². The minimum absolute atomic E-state index is 0. The maximum atomic E-state index is 11.8. The molecule has 2 aromatic carbocycles. The van der Waals surface area contributed by atoms with E-state index in [-0.39, 0.29) is 85.2 Å². The summed E-state index contributed by atoms with van der Waals surface area (Å²) in [5.41, 5.74) is 0.905. The van der Waals surface area contributed by atoms with Crippen LogP contribution in [0.4, 0.5) is 0 Å². The second kappa shape index (κ2) is 16.6. The third kappa shape index (κ3) is 11.8. The van der Waals surface area contributed by atoms with Gasteiger partial charge in [0.2, 0.25) is 0 Å². The zero-order valence-corrected chi connectivity index (χ0v) is 20.2. The van der Waals surface area contributed by atoms with Crippen LogP contribution in [0.5, 0.6) is 11.5 Å². The molecule has 0 aliphatic rings. The van der Waals surface area contributed by atoms with Gasteiger partial charge in [0.25, 0.3) is 20.2 Å². The summed E-state index contributed by atoms with van der Waals surface area (Å²) in [7, 11) is -5.59. The Kier molecular flexibility index (Phi) is 16.5. The SMILES string of the molecule is COc1ccc(C(CCCOCCCC(c2ccc(OC)cc2)S(=O)(=O)O)S(=O)(=O)O)cc1.[NaH].[NaH]. The van der Waals surface area contributed by atoms with Crippen LogP contribution in [-0.4, -0.2) is 112 Å². The van der Waals surface area contributed by atoms with Crippen molar-refractivity contribution in [3.05, 3.63) is 59.7 Å². The summed E-state index contributed by atoms with van der Waals surface area (Å²) in [5, 5.41) is -2.16. The number of ether oxygens (including phenoxy) is 3. The van der Waals surface area contributed by atoms with Crippen molar-refractivity contribution in [2.24, 2.45) is 0 Å². The van der Waals surface area contributed by atoms with Gasteiger partial charge in [-0.3, -0.25) is 9.11 Å². The van der Waals surface area contributed by atoms with E-state index >= 15 is 0 Å². The van der Waals surface area contributed by atoms with Gasteiger partial charge in [-0.1, -0.05) is 24.3 Å². The Morgan fingerprint density at radius 2 is 0.971 bits per heavy atom. The molecule has 13 heteroatoms. The number of methoxy groups -OCH3 is 2. The zero-order chi connectivity index (χ0) is 24.5. The van der Waals surface area contributed by atoms with E-state index in [4.69, 9.17) is 14.2 Å². The normalized spacial score (nSPS) is 13.1. The molecule has 2 N–H and O–H groups in total. The first-order chi connectivity index (χ1) is 15.6. The first-order valence-electron chi connectivity index (χ1n) is 10.3. The van der Waals surface area contributed by atoms with Crippen molar-refractivity contribution in [2.45, 2.75) is 36.2 Å². The Bertz CT molecular complexity index is 987. The van der Waals surface area contributed by atoms with Gasteiger partial charge in [-0.15, -0.1) is 0 Å². The first-order valence-corrected chi connectivity index (χ1v) is 13.3. The summed E-state index contributed by atoms with van der Waals surface area (Å²) < 4.78 is 82.0. The molecule has 2 aromatic rings. The molecule has 0 bridgehead atoms. The summed E-state index contributed by atoms with van der Waals surface area (Å²) in [6.07, 6.45) is 1.06. The molecule has 0 aromatic heterocycles. The molecular weight excluding hydrogens is 518 g/mol. The van der Waals surface area contributed by atoms with Crippen molar-refractivity contribution in [1.82, 2.24) is 0 Å².